The second kappa shape index (κ2) is 5.27. The van der Waals surface area contributed by atoms with Crippen LogP contribution < -0.4 is 11.1 Å². The number of nitrogens with zero attached hydrogens (tertiary/aromatic N) is 2. The Kier molecular flexibility index (Phi) is 3.52. The highest BCUT2D eigenvalue weighted by atomic mass is 16.1. The molecule has 0 aromatic carbocycles. The first-order chi connectivity index (χ1) is 8.66. The lowest BCUT2D eigenvalue weighted by Gasteiger charge is -2.13. The second-order valence-electron chi connectivity index (χ2n) is 3.95. The summed E-state index contributed by atoms with van der Waals surface area (Å²) >= 11 is 0. The molecule has 0 saturated carbocycles. The Bertz CT molecular complexity index is 542. The molecule has 2 rings (SSSR count). The van der Waals surface area contributed by atoms with Crippen molar-refractivity contribution in [1.82, 2.24) is 15.3 Å². The Morgan fingerprint density at radius 3 is 2.67 bits per heavy atom. The number of nitrogens with one attached hydrogen (secondary N) is 1. The molecule has 2 heterocycles. The summed E-state index contributed by atoms with van der Waals surface area (Å²) in [5.41, 5.74) is 7.43. The van der Waals surface area contributed by atoms with E-state index in [4.69, 9.17) is 5.73 Å². The molecule has 2 aromatic rings. The van der Waals surface area contributed by atoms with Gasteiger partial charge in [-0.25, -0.2) is 0 Å². The SMILES string of the molecule is CC(NC(=O)c1cc(N)ccn1)c1ccncc1. The lowest BCUT2D eigenvalue weighted by molar-refractivity contribution is 0.0935. The molecule has 0 aliphatic carbocycles. The number of carbonyl (C=O) groups excluding carboxylic acids is 1. The predicted octanol–water partition coefficient (Wildman–Crippen LogP) is 1.55. The van der Waals surface area contributed by atoms with Gasteiger partial charge in [-0.05, 0) is 36.8 Å². The maximum atomic E-state index is 11.9. The van der Waals surface area contributed by atoms with E-state index in [0.717, 1.165) is 5.56 Å². The Balaban J connectivity index is 2.08. The van der Waals surface area contributed by atoms with Crippen molar-refractivity contribution >= 4 is 11.6 Å². The number of pyridine rings is 2. The van der Waals surface area contributed by atoms with E-state index in [2.05, 4.69) is 15.3 Å². The molecular weight excluding hydrogens is 228 g/mol. The van der Waals surface area contributed by atoms with E-state index in [1.54, 1.807) is 24.5 Å². The number of anilines is 1. The summed E-state index contributed by atoms with van der Waals surface area (Å²) in [5, 5.41) is 2.85. The van der Waals surface area contributed by atoms with E-state index < -0.39 is 0 Å². The number of amides is 1. The van der Waals surface area contributed by atoms with Crippen molar-refractivity contribution in [3.63, 3.8) is 0 Å². The number of hydrogen-bond donors (Lipinski definition) is 2. The van der Waals surface area contributed by atoms with E-state index in [0.29, 0.717) is 11.4 Å². The van der Waals surface area contributed by atoms with Gasteiger partial charge in [-0.3, -0.25) is 14.8 Å². The number of carbonyl (C=O) groups is 1. The minimum Gasteiger partial charge on any atom is -0.399 e. The highest BCUT2D eigenvalue weighted by Crippen LogP contribution is 2.11. The summed E-state index contributed by atoms with van der Waals surface area (Å²) in [7, 11) is 0. The van der Waals surface area contributed by atoms with Crippen LogP contribution in [0.15, 0.2) is 42.9 Å². The van der Waals surface area contributed by atoms with Gasteiger partial charge in [-0.1, -0.05) is 0 Å². The molecule has 5 heteroatoms. The third-order valence-corrected chi connectivity index (χ3v) is 2.57. The van der Waals surface area contributed by atoms with Crippen molar-refractivity contribution < 1.29 is 4.79 Å². The molecule has 5 nitrogen and oxygen atoms in total. The van der Waals surface area contributed by atoms with E-state index in [-0.39, 0.29) is 11.9 Å². The summed E-state index contributed by atoms with van der Waals surface area (Å²) in [6.45, 7) is 1.90. The second-order valence-corrected chi connectivity index (χ2v) is 3.95. The van der Waals surface area contributed by atoms with Crippen molar-refractivity contribution in [3.05, 3.63) is 54.1 Å². The first-order valence-electron chi connectivity index (χ1n) is 5.59. The van der Waals surface area contributed by atoms with Crippen molar-refractivity contribution in [2.45, 2.75) is 13.0 Å². The molecule has 0 spiro atoms. The molecular formula is C13H14N4O. The maximum Gasteiger partial charge on any atom is 0.270 e. The first-order valence-corrected chi connectivity index (χ1v) is 5.59. The molecule has 0 fully saturated rings. The number of hydrogen-bond acceptors (Lipinski definition) is 4. The zero-order chi connectivity index (χ0) is 13.0. The average molecular weight is 242 g/mol. The van der Waals surface area contributed by atoms with Crippen molar-refractivity contribution in [2.24, 2.45) is 0 Å². The largest absolute Gasteiger partial charge is 0.399 e. The molecule has 0 radical (unpaired) electrons. The summed E-state index contributed by atoms with van der Waals surface area (Å²) in [6.07, 6.45) is 4.90. The molecule has 1 unspecified atom stereocenters. The van der Waals surface area contributed by atoms with Crippen LogP contribution in [0.3, 0.4) is 0 Å². The van der Waals surface area contributed by atoms with Crippen molar-refractivity contribution in [3.8, 4) is 0 Å². The summed E-state index contributed by atoms with van der Waals surface area (Å²) in [4.78, 5) is 19.9. The summed E-state index contributed by atoms with van der Waals surface area (Å²) < 4.78 is 0. The Morgan fingerprint density at radius 1 is 1.28 bits per heavy atom. The topological polar surface area (TPSA) is 80.9 Å². The van der Waals surface area contributed by atoms with E-state index in [9.17, 15) is 4.79 Å². The number of rotatable bonds is 3. The molecule has 18 heavy (non-hydrogen) atoms. The fourth-order valence-electron chi connectivity index (χ4n) is 1.58. The Hall–Kier alpha value is -2.43. The van der Waals surface area contributed by atoms with E-state index >= 15 is 0 Å². The zero-order valence-electron chi connectivity index (χ0n) is 10.00. The van der Waals surface area contributed by atoms with Crippen LogP contribution in [-0.4, -0.2) is 15.9 Å². The smallest absolute Gasteiger partial charge is 0.270 e. The highest BCUT2D eigenvalue weighted by Gasteiger charge is 2.12. The van der Waals surface area contributed by atoms with E-state index in [1.165, 1.54) is 6.20 Å². The van der Waals surface area contributed by atoms with Crippen LogP contribution in [0.5, 0.6) is 0 Å². The lowest BCUT2D eigenvalue weighted by Crippen LogP contribution is -2.27. The molecule has 0 aliphatic heterocycles. The number of aromatic nitrogens is 2. The quantitative estimate of drug-likeness (QED) is 0.855. The molecule has 2 aromatic heterocycles. The van der Waals surface area contributed by atoms with Crippen molar-refractivity contribution in [1.29, 1.82) is 0 Å². The van der Waals surface area contributed by atoms with Crippen LogP contribution in [0.2, 0.25) is 0 Å². The van der Waals surface area contributed by atoms with Gasteiger partial charge in [0.25, 0.3) is 5.91 Å². The minimum atomic E-state index is -0.244. The van der Waals surface area contributed by atoms with Gasteiger partial charge in [0.15, 0.2) is 0 Å². The van der Waals surface area contributed by atoms with Crippen LogP contribution in [-0.2, 0) is 0 Å². The van der Waals surface area contributed by atoms with Crippen LogP contribution in [0.1, 0.15) is 29.0 Å². The van der Waals surface area contributed by atoms with Crippen LogP contribution in [0.4, 0.5) is 5.69 Å². The van der Waals surface area contributed by atoms with Gasteiger partial charge in [-0.2, -0.15) is 0 Å². The highest BCUT2D eigenvalue weighted by molar-refractivity contribution is 5.93. The van der Waals surface area contributed by atoms with Gasteiger partial charge in [-0.15, -0.1) is 0 Å². The molecule has 0 aliphatic rings. The molecule has 0 saturated heterocycles. The van der Waals surface area contributed by atoms with Gasteiger partial charge in [0.05, 0.1) is 6.04 Å². The van der Waals surface area contributed by atoms with Crippen LogP contribution >= 0.6 is 0 Å². The van der Waals surface area contributed by atoms with Gasteiger partial charge in [0.1, 0.15) is 5.69 Å². The molecule has 3 N–H and O–H groups in total. The van der Waals surface area contributed by atoms with E-state index in [1.807, 2.05) is 19.1 Å². The fraction of sp³-hybridized carbons (Fsp3) is 0.154. The monoisotopic (exact) mass is 242 g/mol. The third-order valence-electron chi connectivity index (χ3n) is 2.57. The number of nitrogen functional groups attached to an aromatic ring is 1. The van der Waals surface area contributed by atoms with Crippen LogP contribution in [0.25, 0.3) is 0 Å². The van der Waals surface area contributed by atoms with Gasteiger partial charge in [0.2, 0.25) is 0 Å². The lowest BCUT2D eigenvalue weighted by atomic mass is 10.1. The fourth-order valence-corrected chi connectivity index (χ4v) is 1.58. The molecule has 0 bridgehead atoms. The Labute approximate surface area is 105 Å². The van der Waals surface area contributed by atoms with Gasteiger partial charge in [0, 0.05) is 24.3 Å². The zero-order valence-corrected chi connectivity index (χ0v) is 10.00. The van der Waals surface area contributed by atoms with Crippen molar-refractivity contribution in [2.75, 3.05) is 5.73 Å². The van der Waals surface area contributed by atoms with Crippen LogP contribution in [0, 0.1) is 0 Å². The Morgan fingerprint density at radius 2 is 2.00 bits per heavy atom. The normalized spacial score (nSPS) is 11.8. The molecule has 1 amide bonds. The number of nitrogens with two attached hydrogens (primary N) is 1. The molecule has 92 valence electrons. The van der Waals surface area contributed by atoms with Gasteiger partial charge >= 0.3 is 0 Å². The minimum absolute atomic E-state index is 0.108. The molecule has 1 atom stereocenters. The van der Waals surface area contributed by atoms with Gasteiger partial charge < -0.3 is 11.1 Å². The maximum absolute atomic E-state index is 11.9. The summed E-state index contributed by atoms with van der Waals surface area (Å²) in [5.74, 6) is -0.244. The first kappa shape index (κ1) is 12.0. The standard InChI is InChI=1S/C13H14N4O/c1-9(10-2-5-15-6-3-10)17-13(18)12-8-11(14)4-7-16-12/h2-9H,1H3,(H2,14,16)(H,17,18). The predicted molar refractivity (Wildman–Crippen MR) is 68.8 cm³/mol. The summed E-state index contributed by atoms with van der Waals surface area (Å²) in [6, 6.07) is 6.80. The third kappa shape index (κ3) is 2.82. The average Bonchev–Trinajstić information content (AvgIpc) is 2.39.